The van der Waals surface area contributed by atoms with Crippen molar-refractivity contribution in [3.8, 4) is 0 Å². The van der Waals surface area contributed by atoms with Gasteiger partial charge in [-0.05, 0) is 43.3 Å². The highest BCUT2D eigenvalue weighted by Crippen LogP contribution is 2.14. The number of hydrogen-bond donors (Lipinski definition) is 2. The first-order chi connectivity index (χ1) is 10.5. The van der Waals surface area contributed by atoms with Crippen molar-refractivity contribution in [2.24, 2.45) is 0 Å². The first-order valence-corrected chi connectivity index (χ1v) is 7.15. The third-order valence-corrected chi connectivity index (χ3v) is 3.39. The maximum atomic E-state index is 12.0. The van der Waals surface area contributed by atoms with Crippen LogP contribution in [0.3, 0.4) is 0 Å². The lowest BCUT2D eigenvalue weighted by Gasteiger charge is -2.06. The average molecular weight is 318 g/mol. The van der Waals surface area contributed by atoms with Crippen LogP contribution in [0.2, 0.25) is 5.02 Å². The van der Waals surface area contributed by atoms with Gasteiger partial charge in [0.15, 0.2) is 5.78 Å². The van der Waals surface area contributed by atoms with E-state index in [0.717, 1.165) is 0 Å². The number of pyridine rings is 1. The Hall–Kier alpha value is -2.40. The lowest BCUT2D eigenvalue weighted by molar-refractivity contribution is -0.116. The summed E-state index contributed by atoms with van der Waals surface area (Å²) < 4.78 is 0. The highest BCUT2D eigenvalue weighted by Gasteiger charge is 2.10. The van der Waals surface area contributed by atoms with Gasteiger partial charge in [0.1, 0.15) is 5.82 Å². The second kappa shape index (κ2) is 7.04. The molecule has 0 aliphatic rings. The molecule has 6 heteroatoms. The van der Waals surface area contributed by atoms with E-state index >= 15 is 0 Å². The molecular weight excluding hydrogens is 302 g/mol. The Morgan fingerprint density at radius 3 is 2.45 bits per heavy atom. The van der Waals surface area contributed by atoms with Crippen LogP contribution in [0.1, 0.15) is 28.9 Å². The van der Waals surface area contributed by atoms with Crippen LogP contribution in [0.25, 0.3) is 0 Å². The van der Waals surface area contributed by atoms with Crippen molar-refractivity contribution in [1.29, 1.82) is 0 Å². The normalized spacial score (nSPS) is 10.3. The number of aromatic nitrogens is 1. The molecule has 0 fully saturated rings. The second-order valence-corrected chi connectivity index (χ2v) is 5.29. The van der Waals surface area contributed by atoms with Gasteiger partial charge in [-0.1, -0.05) is 11.6 Å². The fraction of sp³-hybridized carbons (Fsp3) is 0.188. The van der Waals surface area contributed by atoms with E-state index in [1.807, 2.05) is 0 Å². The molecule has 0 saturated heterocycles. The number of aryl methyl sites for hydroxylation is 1. The van der Waals surface area contributed by atoms with Gasteiger partial charge in [0.2, 0.25) is 5.91 Å². The lowest BCUT2D eigenvalue weighted by atomic mass is 10.1. The summed E-state index contributed by atoms with van der Waals surface area (Å²) in [5.41, 5.74) is 7.42. The van der Waals surface area contributed by atoms with Crippen molar-refractivity contribution in [3.05, 3.63) is 52.7 Å². The van der Waals surface area contributed by atoms with Crippen LogP contribution in [0.4, 0.5) is 11.5 Å². The van der Waals surface area contributed by atoms with Crippen LogP contribution in [-0.4, -0.2) is 16.7 Å². The van der Waals surface area contributed by atoms with E-state index in [2.05, 4.69) is 10.3 Å². The molecule has 0 radical (unpaired) electrons. The zero-order chi connectivity index (χ0) is 16.1. The number of carbonyl (C=O) groups excluding carboxylic acids is 2. The highest BCUT2D eigenvalue weighted by atomic mass is 35.5. The van der Waals surface area contributed by atoms with Gasteiger partial charge in [0.25, 0.3) is 0 Å². The zero-order valence-electron chi connectivity index (χ0n) is 12.1. The summed E-state index contributed by atoms with van der Waals surface area (Å²) in [6.45, 7) is 1.76. The molecule has 22 heavy (non-hydrogen) atoms. The van der Waals surface area contributed by atoms with Crippen molar-refractivity contribution in [2.45, 2.75) is 19.8 Å². The van der Waals surface area contributed by atoms with Crippen LogP contribution in [0, 0.1) is 6.92 Å². The zero-order valence-corrected chi connectivity index (χ0v) is 12.9. The summed E-state index contributed by atoms with van der Waals surface area (Å²) in [6.07, 6.45) is 0.216. The van der Waals surface area contributed by atoms with E-state index in [-0.39, 0.29) is 24.5 Å². The predicted molar refractivity (Wildman–Crippen MR) is 87.0 cm³/mol. The van der Waals surface area contributed by atoms with Crippen LogP contribution in [-0.2, 0) is 4.79 Å². The number of anilines is 2. The van der Waals surface area contributed by atoms with Crippen molar-refractivity contribution >= 4 is 34.8 Å². The van der Waals surface area contributed by atoms with E-state index in [0.29, 0.717) is 27.8 Å². The number of carbonyl (C=O) groups is 2. The fourth-order valence-electron chi connectivity index (χ4n) is 1.85. The third-order valence-electron chi connectivity index (χ3n) is 3.14. The molecule has 1 amide bonds. The van der Waals surface area contributed by atoms with Gasteiger partial charge in [-0.25, -0.2) is 4.98 Å². The molecule has 1 aromatic heterocycles. The largest absolute Gasteiger partial charge is 0.397 e. The number of nitrogens with two attached hydrogens (primary N) is 1. The van der Waals surface area contributed by atoms with Gasteiger partial charge in [-0.15, -0.1) is 0 Å². The molecule has 1 aromatic carbocycles. The summed E-state index contributed by atoms with van der Waals surface area (Å²) in [6, 6.07) is 9.89. The average Bonchev–Trinajstić information content (AvgIpc) is 2.49. The third kappa shape index (κ3) is 4.30. The Labute approximate surface area is 133 Å². The number of benzene rings is 1. The van der Waals surface area contributed by atoms with E-state index in [1.165, 1.54) is 0 Å². The van der Waals surface area contributed by atoms with Gasteiger partial charge in [0, 0.05) is 23.4 Å². The van der Waals surface area contributed by atoms with E-state index in [9.17, 15) is 9.59 Å². The summed E-state index contributed by atoms with van der Waals surface area (Å²) in [7, 11) is 0. The van der Waals surface area contributed by atoms with Gasteiger partial charge >= 0.3 is 0 Å². The van der Waals surface area contributed by atoms with Crippen LogP contribution >= 0.6 is 11.6 Å². The number of rotatable bonds is 5. The fourth-order valence-corrected chi connectivity index (χ4v) is 1.98. The quantitative estimate of drug-likeness (QED) is 0.829. The predicted octanol–water partition coefficient (Wildman–Crippen LogP) is 3.23. The molecule has 0 unspecified atom stereocenters. The van der Waals surface area contributed by atoms with E-state index in [4.69, 9.17) is 17.3 Å². The monoisotopic (exact) mass is 317 g/mol. The Morgan fingerprint density at radius 2 is 1.82 bits per heavy atom. The van der Waals surface area contributed by atoms with Crippen molar-refractivity contribution in [1.82, 2.24) is 4.98 Å². The molecule has 0 bridgehead atoms. The topological polar surface area (TPSA) is 85.1 Å². The molecule has 5 nitrogen and oxygen atoms in total. The minimum absolute atomic E-state index is 0.0898. The Kier molecular flexibility index (Phi) is 5.12. The number of ketones is 1. The molecule has 114 valence electrons. The molecule has 2 aromatic rings. The first-order valence-electron chi connectivity index (χ1n) is 6.77. The second-order valence-electron chi connectivity index (χ2n) is 4.85. The minimum Gasteiger partial charge on any atom is -0.397 e. The smallest absolute Gasteiger partial charge is 0.225 e. The number of amides is 1. The SMILES string of the molecule is Cc1nc(NC(=O)CCC(=O)c2ccc(Cl)cc2)ccc1N. The van der Waals surface area contributed by atoms with Crippen molar-refractivity contribution < 1.29 is 9.59 Å². The number of Topliss-reactive ketones (excluding diaryl/α,β-unsaturated/α-hetero) is 1. The van der Waals surface area contributed by atoms with Crippen molar-refractivity contribution in [2.75, 3.05) is 11.1 Å². The summed E-state index contributed by atoms with van der Waals surface area (Å²) in [4.78, 5) is 28.0. The summed E-state index contributed by atoms with van der Waals surface area (Å²) in [5.74, 6) is 0.0582. The van der Waals surface area contributed by atoms with Crippen molar-refractivity contribution in [3.63, 3.8) is 0 Å². The van der Waals surface area contributed by atoms with Crippen LogP contribution in [0.15, 0.2) is 36.4 Å². The maximum absolute atomic E-state index is 12.0. The molecule has 1 heterocycles. The highest BCUT2D eigenvalue weighted by molar-refractivity contribution is 6.30. The summed E-state index contributed by atoms with van der Waals surface area (Å²) >= 11 is 5.77. The Morgan fingerprint density at radius 1 is 1.14 bits per heavy atom. The Bertz CT molecular complexity index is 699. The van der Waals surface area contributed by atoms with Crippen LogP contribution in [0.5, 0.6) is 0 Å². The molecule has 2 rings (SSSR count). The maximum Gasteiger partial charge on any atom is 0.225 e. The molecule has 0 aliphatic carbocycles. The number of halogens is 1. The molecule has 0 atom stereocenters. The van der Waals surface area contributed by atoms with Gasteiger partial charge in [-0.2, -0.15) is 0 Å². The molecule has 0 spiro atoms. The standard InChI is InChI=1S/C16H16ClN3O2/c1-10-13(18)6-8-15(19-10)20-16(22)9-7-14(21)11-2-4-12(17)5-3-11/h2-6,8H,7,9,18H2,1H3,(H,19,20,22). The minimum atomic E-state index is -0.265. The number of nitrogens with zero attached hydrogens (tertiary/aromatic N) is 1. The number of hydrogen-bond acceptors (Lipinski definition) is 4. The first kappa shape index (κ1) is 16.0. The van der Waals surface area contributed by atoms with Gasteiger partial charge < -0.3 is 11.1 Å². The lowest BCUT2D eigenvalue weighted by Crippen LogP contribution is -2.14. The molecule has 3 N–H and O–H groups in total. The van der Waals surface area contributed by atoms with Gasteiger partial charge in [-0.3, -0.25) is 9.59 Å². The Balaban J connectivity index is 1.88. The van der Waals surface area contributed by atoms with E-state index < -0.39 is 0 Å². The van der Waals surface area contributed by atoms with Crippen LogP contribution < -0.4 is 11.1 Å². The number of nitrogens with one attached hydrogen (secondary N) is 1. The number of nitrogen functional groups attached to an aromatic ring is 1. The molecule has 0 saturated carbocycles. The van der Waals surface area contributed by atoms with Gasteiger partial charge in [0.05, 0.1) is 11.4 Å². The van der Waals surface area contributed by atoms with E-state index in [1.54, 1.807) is 43.3 Å². The molecular formula is C16H16ClN3O2. The molecule has 0 aliphatic heterocycles. The summed E-state index contributed by atoms with van der Waals surface area (Å²) in [5, 5.41) is 3.22.